The first-order chi connectivity index (χ1) is 16.0. The van der Waals surface area contributed by atoms with Crippen molar-refractivity contribution in [3.8, 4) is 0 Å². The lowest BCUT2D eigenvalue weighted by Gasteiger charge is -2.58. The van der Waals surface area contributed by atoms with Crippen molar-refractivity contribution in [3.05, 3.63) is 41.2 Å². The van der Waals surface area contributed by atoms with Gasteiger partial charge in [0.2, 0.25) is 0 Å². The number of allylic oxidation sites excluding steroid dienone is 1. The van der Waals surface area contributed by atoms with E-state index in [1.165, 1.54) is 43.5 Å². The van der Waals surface area contributed by atoms with Crippen molar-refractivity contribution in [1.29, 1.82) is 0 Å². The molecule has 34 heavy (non-hydrogen) atoms. The number of aliphatic hydroxyl groups excluding tert-OH is 1. The number of nitrogens with zero attached hydrogens (tertiary/aromatic N) is 1. The molecule has 0 aromatic carbocycles. The van der Waals surface area contributed by atoms with Crippen molar-refractivity contribution in [2.45, 2.75) is 97.3 Å². The summed E-state index contributed by atoms with van der Waals surface area (Å²) in [6.07, 6.45) is 9.59. The lowest BCUT2D eigenvalue weighted by molar-refractivity contribution is -0.138. The Morgan fingerprint density at radius 3 is 2.68 bits per heavy atom. The molecule has 1 aromatic heterocycles. The van der Waals surface area contributed by atoms with Crippen molar-refractivity contribution < 1.29 is 18.3 Å². The quantitative estimate of drug-likeness (QED) is 0.455. The monoisotopic (exact) mass is 475 g/mol. The van der Waals surface area contributed by atoms with Gasteiger partial charge in [0, 0.05) is 6.20 Å². The van der Waals surface area contributed by atoms with Gasteiger partial charge in [-0.05, 0) is 117 Å². The summed E-state index contributed by atoms with van der Waals surface area (Å²) in [7, 11) is 0. The van der Waals surface area contributed by atoms with E-state index in [4.69, 9.17) is 0 Å². The molecular weight excluding hydrogens is 435 g/mol. The van der Waals surface area contributed by atoms with Crippen LogP contribution in [0.15, 0.2) is 30.0 Å². The van der Waals surface area contributed by atoms with Crippen molar-refractivity contribution in [3.63, 3.8) is 0 Å². The molecule has 0 radical (unpaired) electrons. The van der Waals surface area contributed by atoms with Crippen LogP contribution in [0.1, 0.15) is 89.8 Å². The van der Waals surface area contributed by atoms with Crippen LogP contribution in [0.25, 0.3) is 0 Å². The number of hydrogen-bond acceptors (Lipinski definition) is 2. The fourth-order valence-corrected chi connectivity index (χ4v) is 9.08. The van der Waals surface area contributed by atoms with Crippen molar-refractivity contribution in [2.24, 2.45) is 40.4 Å². The molecule has 1 heterocycles. The second-order valence-corrected chi connectivity index (χ2v) is 12.4. The first kappa shape index (κ1) is 24.3. The molecule has 5 heteroatoms. The maximum absolute atomic E-state index is 13.4. The predicted octanol–water partition coefficient (Wildman–Crippen LogP) is 7.61. The van der Waals surface area contributed by atoms with Crippen LogP contribution in [-0.2, 0) is 12.6 Å². The average molecular weight is 476 g/mol. The largest absolute Gasteiger partial charge is 0.418 e. The lowest BCUT2D eigenvalue weighted by Crippen LogP contribution is -2.50. The minimum atomic E-state index is -4.34. The zero-order chi connectivity index (χ0) is 24.3. The summed E-state index contributed by atoms with van der Waals surface area (Å²) in [6.45, 7) is 7.23. The minimum absolute atomic E-state index is 0.168. The van der Waals surface area contributed by atoms with Gasteiger partial charge >= 0.3 is 6.18 Å². The van der Waals surface area contributed by atoms with E-state index in [-0.39, 0.29) is 22.6 Å². The number of rotatable bonds is 4. The Hall–Kier alpha value is -1.36. The molecular formula is C29H40F3NO. The Bertz CT molecular complexity index is 942. The Morgan fingerprint density at radius 2 is 1.91 bits per heavy atom. The van der Waals surface area contributed by atoms with Crippen LogP contribution in [0.5, 0.6) is 0 Å². The molecule has 4 aliphatic rings. The fraction of sp³-hybridized carbons (Fsp3) is 0.759. The molecule has 0 amide bonds. The number of pyridine rings is 1. The predicted molar refractivity (Wildman–Crippen MR) is 128 cm³/mol. The number of fused-ring (bicyclic) bond motifs is 5. The highest BCUT2D eigenvalue weighted by Gasteiger charge is 2.59. The van der Waals surface area contributed by atoms with Gasteiger partial charge < -0.3 is 5.11 Å². The molecule has 5 rings (SSSR count). The Balaban J connectivity index is 1.30. The third-order valence-electron chi connectivity index (χ3n) is 10.9. The van der Waals surface area contributed by atoms with Crippen molar-refractivity contribution >= 4 is 0 Å². The molecule has 0 saturated heterocycles. The van der Waals surface area contributed by atoms with E-state index in [1.807, 2.05) is 0 Å². The number of halogens is 3. The molecule has 0 aliphatic heterocycles. The maximum Gasteiger partial charge on any atom is 0.418 e. The third kappa shape index (κ3) is 3.94. The third-order valence-corrected chi connectivity index (χ3v) is 10.9. The summed E-state index contributed by atoms with van der Waals surface area (Å²) in [6, 6.07) is 2.55. The summed E-state index contributed by atoms with van der Waals surface area (Å²) < 4.78 is 40.3. The lowest BCUT2D eigenvalue weighted by atomic mass is 9.47. The van der Waals surface area contributed by atoms with Gasteiger partial charge in [0.05, 0.1) is 17.4 Å². The van der Waals surface area contributed by atoms with Crippen LogP contribution in [-0.4, -0.2) is 16.2 Å². The first-order valence-electron chi connectivity index (χ1n) is 13.4. The summed E-state index contributed by atoms with van der Waals surface area (Å²) >= 11 is 0. The molecule has 2 nitrogen and oxygen atoms in total. The second kappa shape index (κ2) is 8.64. The van der Waals surface area contributed by atoms with Gasteiger partial charge in [-0.15, -0.1) is 0 Å². The van der Waals surface area contributed by atoms with Gasteiger partial charge in [0.25, 0.3) is 0 Å². The molecule has 0 bridgehead atoms. The van der Waals surface area contributed by atoms with Crippen LogP contribution in [0.4, 0.5) is 13.2 Å². The van der Waals surface area contributed by atoms with E-state index in [2.05, 4.69) is 31.8 Å². The number of aliphatic hydroxyl groups is 1. The van der Waals surface area contributed by atoms with Gasteiger partial charge in [-0.3, -0.25) is 4.98 Å². The molecule has 0 spiro atoms. The summed E-state index contributed by atoms with van der Waals surface area (Å²) in [5.41, 5.74) is 1.67. The number of hydrogen-bond donors (Lipinski definition) is 1. The maximum atomic E-state index is 13.4. The van der Waals surface area contributed by atoms with Crippen molar-refractivity contribution in [1.82, 2.24) is 4.98 Å². The molecule has 1 N–H and O–H groups in total. The van der Waals surface area contributed by atoms with Crippen LogP contribution >= 0.6 is 0 Å². The molecule has 3 saturated carbocycles. The van der Waals surface area contributed by atoms with Crippen molar-refractivity contribution in [2.75, 3.05) is 0 Å². The van der Waals surface area contributed by atoms with E-state index < -0.39 is 11.7 Å². The zero-order valence-electron chi connectivity index (χ0n) is 20.9. The van der Waals surface area contributed by atoms with E-state index in [9.17, 15) is 18.3 Å². The van der Waals surface area contributed by atoms with Crippen LogP contribution in [0, 0.1) is 40.4 Å². The van der Waals surface area contributed by atoms with Gasteiger partial charge in [-0.1, -0.05) is 32.4 Å². The van der Waals surface area contributed by atoms with Crippen LogP contribution in [0.2, 0.25) is 0 Å². The molecule has 8 atom stereocenters. The first-order valence-corrected chi connectivity index (χ1v) is 13.4. The SMILES string of the molecule is CC(CCc1ncccc1C(F)(F)F)[C@H]1CC[C@H]2[C@@H]3CC=C4C[C@@H](O)CC[C@]4(C)[C@H]3CC[C@]12C. The second-order valence-electron chi connectivity index (χ2n) is 12.4. The molecule has 3 fully saturated rings. The topological polar surface area (TPSA) is 33.1 Å². The normalized spacial score (nSPS) is 40.7. The molecule has 1 aromatic rings. The molecule has 1 unspecified atom stereocenters. The highest BCUT2D eigenvalue weighted by Crippen LogP contribution is 2.67. The standard InChI is InChI=1S/C29H40F3NO/c1-18(6-11-26-25(29(30,31)32)5-4-16-33-26)22-9-10-23-21-8-7-19-17-20(34)12-14-27(19,2)24(21)13-15-28(22,23)3/h4-5,7,16,18,20-24,34H,6,8-15,17H2,1-3H3/t18?,20-,21-,22+,23-,24-,27-,28+/m0/s1. The van der Waals surface area contributed by atoms with Crippen LogP contribution < -0.4 is 0 Å². The number of aromatic nitrogens is 1. The van der Waals surface area contributed by atoms with E-state index in [0.29, 0.717) is 30.1 Å². The van der Waals surface area contributed by atoms with E-state index >= 15 is 0 Å². The average Bonchev–Trinajstić information content (AvgIpc) is 3.15. The highest BCUT2D eigenvalue weighted by molar-refractivity contribution is 5.26. The van der Waals surface area contributed by atoms with Gasteiger partial charge in [0.1, 0.15) is 0 Å². The Morgan fingerprint density at radius 1 is 1.12 bits per heavy atom. The van der Waals surface area contributed by atoms with E-state index in [0.717, 1.165) is 44.1 Å². The van der Waals surface area contributed by atoms with Gasteiger partial charge in [-0.2, -0.15) is 13.2 Å². The molecule has 4 aliphatic carbocycles. The number of alkyl halides is 3. The number of aryl methyl sites for hydroxylation is 1. The minimum Gasteiger partial charge on any atom is -0.393 e. The Labute approximate surface area is 202 Å². The van der Waals surface area contributed by atoms with E-state index in [1.54, 1.807) is 0 Å². The molecule has 188 valence electrons. The zero-order valence-corrected chi connectivity index (χ0v) is 20.9. The van der Waals surface area contributed by atoms with Gasteiger partial charge in [0.15, 0.2) is 0 Å². The summed E-state index contributed by atoms with van der Waals surface area (Å²) in [5.74, 6) is 3.11. The van der Waals surface area contributed by atoms with Gasteiger partial charge in [-0.25, -0.2) is 0 Å². The smallest absolute Gasteiger partial charge is 0.393 e. The fourth-order valence-electron chi connectivity index (χ4n) is 9.08. The summed E-state index contributed by atoms with van der Waals surface area (Å²) in [5, 5.41) is 10.2. The Kier molecular flexibility index (Phi) is 6.18. The summed E-state index contributed by atoms with van der Waals surface area (Å²) in [4.78, 5) is 4.10. The van der Waals surface area contributed by atoms with Crippen LogP contribution in [0.3, 0.4) is 0 Å². The highest BCUT2D eigenvalue weighted by atomic mass is 19.4.